The molecule has 2 N–H and O–H groups in total. The Bertz CT molecular complexity index is 1140. The van der Waals surface area contributed by atoms with Gasteiger partial charge in [-0.25, -0.2) is 9.18 Å². The van der Waals surface area contributed by atoms with Crippen molar-refractivity contribution in [1.82, 2.24) is 10.2 Å². The van der Waals surface area contributed by atoms with Crippen LogP contribution < -0.4 is 25.0 Å². The van der Waals surface area contributed by atoms with Crippen molar-refractivity contribution in [3.8, 4) is 11.5 Å². The van der Waals surface area contributed by atoms with Crippen molar-refractivity contribution in [2.75, 3.05) is 49.7 Å². The van der Waals surface area contributed by atoms with E-state index in [0.29, 0.717) is 31.1 Å². The Morgan fingerprint density at radius 1 is 0.912 bits per heavy atom. The second-order valence-electron chi connectivity index (χ2n) is 8.30. The molecule has 0 radical (unpaired) electrons. The van der Waals surface area contributed by atoms with Gasteiger partial charge in [0, 0.05) is 38.4 Å². The monoisotopic (exact) mass is 462 g/mol. The number of piperazine rings is 1. The molecule has 3 aromatic rings. The Kier molecular flexibility index (Phi) is 6.49. The molecule has 7 nitrogen and oxygen atoms in total. The van der Waals surface area contributed by atoms with E-state index in [1.807, 2.05) is 60.7 Å². The molecule has 0 aliphatic carbocycles. The summed E-state index contributed by atoms with van der Waals surface area (Å²) < 4.78 is 25.3. The van der Waals surface area contributed by atoms with Gasteiger partial charge in [-0.1, -0.05) is 36.4 Å². The highest BCUT2D eigenvalue weighted by Gasteiger charge is 2.28. The summed E-state index contributed by atoms with van der Waals surface area (Å²) in [6, 6.07) is 21.8. The van der Waals surface area contributed by atoms with Gasteiger partial charge < -0.3 is 25.0 Å². The number of rotatable bonds is 6. The summed E-state index contributed by atoms with van der Waals surface area (Å²) in [5.74, 6) is 1.23. The molecular weight excluding hydrogens is 435 g/mol. The number of nitrogens with zero attached hydrogens (tertiary/aromatic N) is 2. The van der Waals surface area contributed by atoms with E-state index in [9.17, 15) is 9.18 Å². The van der Waals surface area contributed by atoms with Crippen LogP contribution in [0.5, 0.6) is 11.5 Å². The Morgan fingerprint density at radius 3 is 2.44 bits per heavy atom. The topological polar surface area (TPSA) is 66.1 Å². The first-order valence-corrected chi connectivity index (χ1v) is 11.4. The van der Waals surface area contributed by atoms with Crippen molar-refractivity contribution in [3.05, 3.63) is 84.2 Å². The molecule has 2 amide bonds. The second-order valence-corrected chi connectivity index (χ2v) is 8.30. The Labute approximate surface area is 198 Å². The number of anilines is 2. The Hall–Kier alpha value is -3.78. The quantitative estimate of drug-likeness (QED) is 0.574. The van der Waals surface area contributed by atoms with Gasteiger partial charge in [0.2, 0.25) is 6.79 Å². The number of carbonyl (C=O) groups excluding carboxylic acids is 1. The third-order valence-electron chi connectivity index (χ3n) is 6.22. The number of ether oxygens (including phenoxy) is 2. The standard InChI is InChI=1S/C26H27FN4O3/c27-21-8-4-5-9-22(21)30-12-14-31(15-13-30)23(19-10-11-24-25(16-19)34-18-33-24)17-28-26(32)29-20-6-2-1-3-7-20/h1-11,16,23H,12-15,17-18H2,(H2,28,29,32). The number of fused-ring (bicyclic) bond motifs is 1. The minimum Gasteiger partial charge on any atom is -0.454 e. The van der Waals surface area contributed by atoms with E-state index in [4.69, 9.17) is 9.47 Å². The number of halogens is 1. The number of carbonyl (C=O) groups is 1. The Morgan fingerprint density at radius 2 is 1.65 bits per heavy atom. The van der Waals surface area contributed by atoms with Crippen LogP contribution in [0.2, 0.25) is 0 Å². The fourth-order valence-electron chi connectivity index (χ4n) is 4.45. The lowest BCUT2D eigenvalue weighted by Gasteiger charge is -2.40. The van der Waals surface area contributed by atoms with Crippen LogP contribution in [-0.2, 0) is 0 Å². The first-order valence-electron chi connectivity index (χ1n) is 11.4. The van der Waals surface area contributed by atoms with Gasteiger partial charge in [-0.15, -0.1) is 0 Å². The first-order chi connectivity index (χ1) is 16.7. The van der Waals surface area contributed by atoms with E-state index in [0.717, 1.165) is 30.1 Å². The summed E-state index contributed by atoms with van der Waals surface area (Å²) in [5.41, 5.74) is 2.39. The molecule has 1 fully saturated rings. The van der Waals surface area contributed by atoms with Crippen LogP contribution in [0.3, 0.4) is 0 Å². The van der Waals surface area contributed by atoms with Crippen molar-refractivity contribution in [2.24, 2.45) is 0 Å². The highest BCUT2D eigenvalue weighted by Crippen LogP contribution is 2.36. The van der Waals surface area contributed by atoms with Gasteiger partial charge >= 0.3 is 6.03 Å². The predicted octanol–water partition coefficient (Wildman–Crippen LogP) is 4.24. The van der Waals surface area contributed by atoms with Gasteiger partial charge in [-0.2, -0.15) is 0 Å². The highest BCUT2D eigenvalue weighted by atomic mass is 19.1. The normalized spacial score (nSPS) is 16.2. The van der Waals surface area contributed by atoms with E-state index in [-0.39, 0.29) is 24.7 Å². The van der Waals surface area contributed by atoms with E-state index in [1.165, 1.54) is 6.07 Å². The minimum absolute atomic E-state index is 0.0706. The van der Waals surface area contributed by atoms with Crippen molar-refractivity contribution in [1.29, 1.82) is 0 Å². The number of benzene rings is 3. The molecule has 0 spiro atoms. The molecule has 5 rings (SSSR count). The molecular formula is C26H27FN4O3. The molecule has 3 aromatic carbocycles. The number of para-hydroxylation sites is 2. The van der Waals surface area contributed by atoms with Crippen molar-refractivity contribution in [3.63, 3.8) is 0 Å². The largest absolute Gasteiger partial charge is 0.454 e. The summed E-state index contributed by atoms with van der Waals surface area (Å²) in [6.07, 6.45) is 0. The van der Waals surface area contributed by atoms with Crippen LogP contribution in [-0.4, -0.2) is 50.4 Å². The summed E-state index contributed by atoms with van der Waals surface area (Å²) in [5, 5.41) is 5.87. The SMILES string of the molecule is O=C(NCC(c1ccc2c(c1)OCO2)N1CCN(c2ccccc2F)CC1)Nc1ccccc1. The average molecular weight is 463 g/mol. The van der Waals surface area contributed by atoms with E-state index in [1.54, 1.807) is 6.07 Å². The van der Waals surface area contributed by atoms with E-state index >= 15 is 0 Å². The van der Waals surface area contributed by atoms with E-state index < -0.39 is 0 Å². The lowest BCUT2D eigenvalue weighted by atomic mass is 10.0. The third kappa shape index (κ3) is 4.92. The lowest BCUT2D eigenvalue weighted by Crippen LogP contribution is -2.50. The zero-order valence-electron chi connectivity index (χ0n) is 18.7. The number of hydrogen-bond donors (Lipinski definition) is 2. The summed E-state index contributed by atoms with van der Waals surface area (Å²) in [7, 11) is 0. The van der Waals surface area contributed by atoms with Crippen LogP contribution in [0.1, 0.15) is 11.6 Å². The molecule has 2 aliphatic rings. The fourth-order valence-corrected chi connectivity index (χ4v) is 4.45. The van der Waals surface area contributed by atoms with Gasteiger partial charge in [-0.05, 0) is 42.0 Å². The molecule has 176 valence electrons. The fraction of sp³-hybridized carbons (Fsp3) is 0.269. The molecule has 8 heteroatoms. The zero-order chi connectivity index (χ0) is 23.3. The van der Waals surface area contributed by atoms with Crippen molar-refractivity contribution < 1.29 is 18.7 Å². The molecule has 1 atom stereocenters. The first kappa shape index (κ1) is 22.0. The van der Waals surface area contributed by atoms with Crippen LogP contribution in [0.4, 0.5) is 20.6 Å². The maximum Gasteiger partial charge on any atom is 0.319 e. The molecule has 1 unspecified atom stereocenters. The molecule has 2 aliphatic heterocycles. The van der Waals surface area contributed by atoms with E-state index in [2.05, 4.69) is 20.4 Å². The molecule has 0 bridgehead atoms. The van der Waals surface area contributed by atoms with Gasteiger partial charge in [0.1, 0.15) is 5.82 Å². The summed E-state index contributed by atoms with van der Waals surface area (Å²) in [4.78, 5) is 16.9. The van der Waals surface area contributed by atoms with Gasteiger partial charge in [0.25, 0.3) is 0 Å². The lowest BCUT2D eigenvalue weighted by molar-refractivity contribution is 0.173. The average Bonchev–Trinajstić information content (AvgIpc) is 3.34. The number of nitrogens with one attached hydrogen (secondary N) is 2. The smallest absolute Gasteiger partial charge is 0.319 e. The van der Waals surface area contributed by atoms with Crippen molar-refractivity contribution >= 4 is 17.4 Å². The number of amides is 2. The molecule has 34 heavy (non-hydrogen) atoms. The molecule has 0 saturated carbocycles. The molecule has 2 heterocycles. The summed E-state index contributed by atoms with van der Waals surface area (Å²) >= 11 is 0. The third-order valence-corrected chi connectivity index (χ3v) is 6.22. The zero-order valence-corrected chi connectivity index (χ0v) is 18.7. The van der Waals surface area contributed by atoms with Crippen LogP contribution in [0.15, 0.2) is 72.8 Å². The van der Waals surface area contributed by atoms with Gasteiger partial charge in [0.15, 0.2) is 11.5 Å². The maximum atomic E-state index is 14.3. The van der Waals surface area contributed by atoms with Crippen molar-refractivity contribution in [2.45, 2.75) is 6.04 Å². The molecule has 0 aromatic heterocycles. The maximum absolute atomic E-state index is 14.3. The van der Waals surface area contributed by atoms with Gasteiger partial charge in [-0.3, -0.25) is 4.90 Å². The highest BCUT2D eigenvalue weighted by molar-refractivity contribution is 5.89. The number of urea groups is 1. The van der Waals surface area contributed by atoms with Crippen LogP contribution in [0, 0.1) is 5.82 Å². The van der Waals surface area contributed by atoms with Gasteiger partial charge in [0.05, 0.1) is 11.7 Å². The Balaban J connectivity index is 1.29. The van der Waals surface area contributed by atoms with Crippen LogP contribution >= 0.6 is 0 Å². The summed E-state index contributed by atoms with van der Waals surface area (Å²) in [6.45, 7) is 3.47. The number of hydrogen-bond acceptors (Lipinski definition) is 5. The second kappa shape index (κ2) is 10.0. The molecule has 1 saturated heterocycles. The minimum atomic E-state index is -0.262. The predicted molar refractivity (Wildman–Crippen MR) is 129 cm³/mol. The van der Waals surface area contributed by atoms with Crippen LogP contribution in [0.25, 0.3) is 0 Å².